The smallest absolute Gasteiger partial charge is 0.242 e. The number of amides is 2. The molecule has 0 bridgehead atoms. The third kappa shape index (κ3) is 4.61. The number of hydrogen-bond donors (Lipinski definition) is 2. The monoisotopic (exact) mass is 380 g/mol. The molecule has 2 amide bonds. The molecule has 3 rings (SSSR count). The largest absolute Gasteiger partial charge is 0.486 e. The van der Waals surface area contributed by atoms with Crippen LogP contribution in [0.25, 0.3) is 0 Å². The van der Waals surface area contributed by atoms with Crippen LogP contribution < -0.4 is 20.1 Å². The van der Waals surface area contributed by atoms with Gasteiger partial charge in [-0.2, -0.15) is 0 Å². The van der Waals surface area contributed by atoms with Gasteiger partial charge < -0.3 is 20.1 Å². The zero-order valence-electron chi connectivity index (χ0n) is 15.0. The molecule has 142 valence electrons. The summed E-state index contributed by atoms with van der Waals surface area (Å²) in [5.41, 5.74) is 0.969. The third-order valence-corrected chi connectivity index (χ3v) is 5.16. The van der Waals surface area contributed by atoms with Crippen LogP contribution in [0.5, 0.6) is 11.5 Å². The van der Waals surface area contributed by atoms with Gasteiger partial charge in [-0.3, -0.25) is 9.59 Å². The lowest BCUT2D eigenvalue weighted by molar-refractivity contribution is -0.129. The van der Waals surface area contributed by atoms with Crippen molar-refractivity contribution in [2.24, 2.45) is 5.92 Å². The van der Waals surface area contributed by atoms with Crippen molar-refractivity contribution >= 4 is 23.4 Å². The van der Waals surface area contributed by atoms with Crippen LogP contribution in [0, 0.1) is 5.92 Å². The zero-order chi connectivity index (χ0) is 18.5. The first-order chi connectivity index (χ1) is 12.5. The van der Waals surface area contributed by atoms with Crippen LogP contribution in [-0.2, 0) is 16.0 Å². The number of halogens is 1. The Hall–Kier alpha value is -1.95. The number of ether oxygens (including phenoxy) is 2. The Bertz CT molecular complexity index is 674. The molecule has 2 aliphatic rings. The van der Waals surface area contributed by atoms with E-state index >= 15 is 0 Å². The summed E-state index contributed by atoms with van der Waals surface area (Å²) in [6.07, 6.45) is 4.82. The van der Waals surface area contributed by atoms with Crippen LogP contribution in [0.15, 0.2) is 12.1 Å². The average molecular weight is 381 g/mol. The molecule has 26 heavy (non-hydrogen) atoms. The first-order valence-corrected chi connectivity index (χ1v) is 9.55. The van der Waals surface area contributed by atoms with E-state index in [0.717, 1.165) is 31.2 Å². The van der Waals surface area contributed by atoms with E-state index in [9.17, 15) is 9.59 Å². The van der Waals surface area contributed by atoms with Gasteiger partial charge in [0, 0.05) is 13.5 Å². The van der Waals surface area contributed by atoms with Crippen LogP contribution in [0.4, 0.5) is 0 Å². The van der Waals surface area contributed by atoms with Crippen LogP contribution in [0.3, 0.4) is 0 Å². The normalized spacial score (nSPS) is 17.6. The van der Waals surface area contributed by atoms with Crippen LogP contribution in [-0.4, -0.2) is 37.6 Å². The van der Waals surface area contributed by atoms with Crippen molar-refractivity contribution < 1.29 is 19.1 Å². The molecule has 1 aliphatic carbocycles. The van der Waals surface area contributed by atoms with E-state index in [0.29, 0.717) is 42.7 Å². The highest BCUT2D eigenvalue weighted by Crippen LogP contribution is 2.38. The molecule has 2 N–H and O–H groups in total. The molecule has 0 spiro atoms. The van der Waals surface area contributed by atoms with E-state index in [1.165, 1.54) is 6.92 Å². The zero-order valence-corrected chi connectivity index (χ0v) is 15.7. The maximum Gasteiger partial charge on any atom is 0.242 e. The lowest BCUT2D eigenvalue weighted by Gasteiger charge is -2.23. The summed E-state index contributed by atoms with van der Waals surface area (Å²) >= 11 is 6.24. The van der Waals surface area contributed by atoms with E-state index in [4.69, 9.17) is 21.1 Å². The minimum atomic E-state index is -0.446. The maximum absolute atomic E-state index is 12.6. The van der Waals surface area contributed by atoms with Gasteiger partial charge in [0.05, 0.1) is 5.02 Å². The Kier molecular flexibility index (Phi) is 6.25. The minimum Gasteiger partial charge on any atom is -0.486 e. The Morgan fingerprint density at radius 3 is 2.69 bits per heavy atom. The number of fused-ring (bicyclic) bond motifs is 1. The van der Waals surface area contributed by atoms with E-state index in [2.05, 4.69) is 10.6 Å². The van der Waals surface area contributed by atoms with Gasteiger partial charge >= 0.3 is 0 Å². The summed E-state index contributed by atoms with van der Waals surface area (Å²) in [7, 11) is 0. The minimum absolute atomic E-state index is 0.115. The molecule has 6 nitrogen and oxygen atoms in total. The molecule has 1 aromatic rings. The third-order valence-electron chi connectivity index (χ3n) is 4.88. The van der Waals surface area contributed by atoms with Crippen molar-refractivity contribution in [1.29, 1.82) is 0 Å². The number of benzene rings is 1. The van der Waals surface area contributed by atoms with Gasteiger partial charge in [0.15, 0.2) is 11.5 Å². The number of carbonyl (C=O) groups is 2. The summed E-state index contributed by atoms with van der Waals surface area (Å²) in [5.74, 6) is 1.17. The average Bonchev–Trinajstić information content (AvgIpc) is 3.14. The highest BCUT2D eigenvalue weighted by atomic mass is 35.5. The Morgan fingerprint density at radius 2 is 1.96 bits per heavy atom. The highest BCUT2D eigenvalue weighted by Gasteiger charge is 2.31. The number of nitrogens with one attached hydrogen (secondary N) is 2. The molecule has 0 saturated heterocycles. The molecule has 1 aliphatic heterocycles. The predicted octanol–water partition coefficient (Wildman–Crippen LogP) is 2.46. The standard InChI is InChI=1S/C19H25ClN2O4/c1-12(23)22-17(14-4-2-3-5-14)19(24)21-7-6-13-10-15(20)18-16(11-13)25-8-9-26-18/h10-11,14,17H,2-9H2,1H3,(H,21,24)(H,22,23). The Labute approximate surface area is 158 Å². The van der Waals surface area contributed by atoms with Crippen molar-refractivity contribution in [3.8, 4) is 11.5 Å². The fourth-order valence-electron chi connectivity index (χ4n) is 3.66. The first kappa shape index (κ1) is 18.8. The number of hydrogen-bond acceptors (Lipinski definition) is 4. The van der Waals surface area contributed by atoms with Gasteiger partial charge in [-0.1, -0.05) is 24.4 Å². The van der Waals surface area contributed by atoms with Crippen molar-refractivity contribution in [3.63, 3.8) is 0 Å². The van der Waals surface area contributed by atoms with Crippen LogP contribution in [0.1, 0.15) is 38.2 Å². The fraction of sp³-hybridized carbons (Fsp3) is 0.579. The molecule has 0 aromatic heterocycles. The summed E-state index contributed by atoms with van der Waals surface area (Å²) in [6.45, 7) is 2.92. The number of rotatable bonds is 6. The van der Waals surface area contributed by atoms with Gasteiger partial charge in [0.2, 0.25) is 11.8 Å². The van der Waals surface area contributed by atoms with Gasteiger partial charge in [-0.25, -0.2) is 0 Å². The second-order valence-corrected chi connectivity index (χ2v) is 7.27. The van der Waals surface area contributed by atoms with Crippen LogP contribution >= 0.6 is 11.6 Å². The second kappa shape index (κ2) is 8.62. The van der Waals surface area contributed by atoms with Crippen molar-refractivity contribution in [1.82, 2.24) is 10.6 Å². The van der Waals surface area contributed by atoms with Gasteiger partial charge in [-0.15, -0.1) is 0 Å². The predicted molar refractivity (Wildman–Crippen MR) is 98.7 cm³/mol. The molecule has 1 heterocycles. The van der Waals surface area contributed by atoms with E-state index in [-0.39, 0.29) is 17.7 Å². The highest BCUT2D eigenvalue weighted by molar-refractivity contribution is 6.32. The van der Waals surface area contributed by atoms with Crippen molar-refractivity contribution in [3.05, 3.63) is 22.7 Å². The lowest BCUT2D eigenvalue weighted by Crippen LogP contribution is -2.50. The van der Waals surface area contributed by atoms with E-state index in [1.807, 2.05) is 12.1 Å². The van der Waals surface area contributed by atoms with Crippen molar-refractivity contribution in [2.45, 2.75) is 45.1 Å². The quantitative estimate of drug-likeness (QED) is 0.794. The maximum atomic E-state index is 12.6. The fourth-order valence-corrected chi connectivity index (χ4v) is 3.94. The molecule has 0 radical (unpaired) electrons. The molecule has 1 fully saturated rings. The molecule has 1 unspecified atom stereocenters. The van der Waals surface area contributed by atoms with Gasteiger partial charge in [0.1, 0.15) is 19.3 Å². The Balaban J connectivity index is 1.57. The lowest BCUT2D eigenvalue weighted by atomic mass is 9.97. The summed E-state index contributed by atoms with van der Waals surface area (Å²) < 4.78 is 11.1. The van der Waals surface area contributed by atoms with Gasteiger partial charge in [-0.05, 0) is 42.9 Å². The summed E-state index contributed by atoms with van der Waals surface area (Å²) in [4.78, 5) is 24.0. The topological polar surface area (TPSA) is 76.7 Å². The van der Waals surface area contributed by atoms with E-state index in [1.54, 1.807) is 0 Å². The summed E-state index contributed by atoms with van der Waals surface area (Å²) in [6, 6.07) is 3.29. The van der Waals surface area contributed by atoms with Crippen LogP contribution in [0.2, 0.25) is 5.02 Å². The SMILES string of the molecule is CC(=O)NC(C(=O)NCCc1cc(Cl)c2c(c1)OCCO2)C1CCCC1. The Morgan fingerprint density at radius 1 is 1.23 bits per heavy atom. The molecule has 1 aromatic carbocycles. The second-order valence-electron chi connectivity index (χ2n) is 6.87. The molecular weight excluding hydrogens is 356 g/mol. The van der Waals surface area contributed by atoms with Crippen molar-refractivity contribution in [2.75, 3.05) is 19.8 Å². The molecule has 7 heteroatoms. The van der Waals surface area contributed by atoms with Gasteiger partial charge in [0.25, 0.3) is 0 Å². The summed E-state index contributed by atoms with van der Waals surface area (Å²) in [5, 5.41) is 6.27. The van der Waals surface area contributed by atoms with E-state index < -0.39 is 6.04 Å². The molecule has 1 saturated carbocycles. The molecule has 1 atom stereocenters. The first-order valence-electron chi connectivity index (χ1n) is 9.17. The molecular formula is C19H25ClN2O4. The number of carbonyl (C=O) groups excluding carboxylic acids is 2.